The van der Waals surface area contributed by atoms with Crippen LogP contribution in [0, 0.1) is 0 Å². The van der Waals surface area contributed by atoms with Gasteiger partial charge < -0.3 is 0 Å². The molecule has 0 saturated carbocycles. The van der Waals surface area contributed by atoms with Crippen molar-refractivity contribution in [3.05, 3.63) is 79.4 Å². The van der Waals surface area contributed by atoms with Gasteiger partial charge in [0.05, 0.1) is 29.1 Å². The summed E-state index contributed by atoms with van der Waals surface area (Å²) in [6.45, 7) is 0. The Hall–Kier alpha value is -3.46. The van der Waals surface area contributed by atoms with Gasteiger partial charge in [-0.2, -0.15) is 0 Å². The number of nitrogens with zero attached hydrogens (tertiary/aromatic N) is 3. The molecule has 0 unspecified atom stereocenters. The van der Waals surface area contributed by atoms with Crippen LogP contribution in [-0.4, -0.2) is 14.4 Å². The van der Waals surface area contributed by atoms with E-state index in [1.54, 1.807) is 0 Å². The number of hydrogen-bond acceptors (Lipinski definition) is 2. The van der Waals surface area contributed by atoms with Crippen LogP contribution in [0.25, 0.3) is 48.9 Å². The fourth-order valence-corrected chi connectivity index (χ4v) is 4.02. The first-order valence-corrected chi connectivity index (χ1v) is 8.35. The predicted molar refractivity (Wildman–Crippen MR) is 103 cm³/mol. The Morgan fingerprint density at radius 3 is 2.48 bits per heavy atom. The summed E-state index contributed by atoms with van der Waals surface area (Å²) in [4.78, 5) is 8.99. The van der Waals surface area contributed by atoms with Crippen LogP contribution in [0.2, 0.25) is 0 Å². The maximum absolute atomic E-state index is 4.60. The second kappa shape index (κ2) is 4.54. The predicted octanol–water partition coefficient (Wildman–Crippen LogP) is 5.34. The molecule has 3 aromatic heterocycles. The zero-order chi connectivity index (χ0) is 16.4. The van der Waals surface area contributed by atoms with Crippen LogP contribution in [0.15, 0.2) is 79.4 Å². The van der Waals surface area contributed by atoms with Gasteiger partial charge in [-0.25, -0.2) is 4.98 Å². The molecule has 0 aliphatic carbocycles. The van der Waals surface area contributed by atoms with Crippen molar-refractivity contribution in [1.82, 2.24) is 14.4 Å². The number of pyridine rings is 2. The van der Waals surface area contributed by atoms with Crippen LogP contribution < -0.4 is 0 Å². The van der Waals surface area contributed by atoms with Crippen molar-refractivity contribution in [3.8, 4) is 0 Å². The smallest absolute Gasteiger partial charge is 0.0998 e. The maximum atomic E-state index is 4.60. The summed E-state index contributed by atoms with van der Waals surface area (Å²) in [7, 11) is 0. The Bertz CT molecular complexity index is 1440. The Balaban J connectivity index is 1.99. The summed E-state index contributed by atoms with van der Waals surface area (Å²) in [6, 6.07) is 21.6. The third-order valence-electron chi connectivity index (χ3n) is 5.12. The highest BCUT2D eigenvalue weighted by molar-refractivity contribution is 6.22. The molecule has 0 spiro atoms. The van der Waals surface area contributed by atoms with Crippen molar-refractivity contribution in [2.24, 2.45) is 0 Å². The second-order valence-electron chi connectivity index (χ2n) is 6.39. The van der Waals surface area contributed by atoms with Gasteiger partial charge in [-0.3, -0.25) is 9.38 Å². The van der Waals surface area contributed by atoms with E-state index in [2.05, 4.69) is 69.0 Å². The van der Waals surface area contributed by atoms with Crippen LogP contribution in [0.4, 0.5) is 0 Å². The van der Waals surface area contributed by atoms with Crippen LogP contribution in [0.5, 0.6) is 0 Å². The standard InChI is InChI=1S/C22H13N3/c1-2-5-15-14(4-1)7-8-18-16(15)9-10-19-17-6-3-11-24-21(17)20-12-23-13-25(20)22(18)19/h1-13H. The van der Waals surface area contributed by atoms with Gasteiger partial charge in [0.25, 0.3) is 0 Å². The summed E-state index contributed by atoms with van der Waals surface area (Å²) in [5, 5.41) is 7.42. The third kappa shape index (κ3) is 1.59. The molecule has 0 atom stereocenters. The average Bonchev–Trinajstić information content (AvgIpc) is 3.17. The lowest BCUT2D eigenvalue weighted by atomic mass is 9.98. The zero-order valence-corrected chi connectivity index (χ0v) is 13.3. The van der Waals surface area contributed by atoms with E-state index in [0.717, 1.165) is 11.0 Å². The zero-order valence-electron chi connectivity index (χ0n) is 13.3. The molecule has 0 radical (unpaired) electrons. The number of hydrogen-bond donors (Lipinski definition) is 0. The summed E-state index contributed by atoms with van der Waals surface area (Å²) < 4.78 is 2.17. The Morgan fingerprint density at radius 1 is 0.680 bits per heavy atom. The topological polar surface area (TPSA) is 30.2 Å². The third-order valence-corrected chi connectivity index (χ3v) is 5.12. The van der Waals surface area contributed by atoms with Gasteiger partial charge in [0.1, 0.15) is 0 Å². The highest BCUT2D eigenvalue weighted by Crippen LogP contribution is 2.35. The first-order chi connectivity index (χ1) is 12.4. The fraction of sp³-hybridized carbons (Fsp3) is 0. The monoisotopic (exact) mass is 319 g/mol. The molecule has 3 nitrogen and oxygen atoms in total. The molecule has 3 heteroatoms. The maximum Gasteiger partial charge on any atom is 0.0998 e. The number of benzene rings is 3. The Kier molecular flexibility index (Phi) is 2.35. The van der Waals surface area contributed by atoms with Gasteiger partial charge in [-0.05, 0) is 22.2 Å². The van der Waals surface area contributed by atoms with Gasteiger partial charge >= 0.3 is 0 Å². The van der Waals surface area contributed by atoms with Gasteiger partial charge in [-0.15, -0.1) is 0 Å². The largest absolute Gasteiger partial charge is 0.296 e. The van der Waals surface area contributed by atoms with Crippen molar-refractivity contribution in [2.75, 3.05) is 0 Å². The van der Waals surface area contributed by atoms with E-state index in [1.165, 1.54) is 37.8 Å². The van der Waals surface area contributed by atoms with Gasteiger partial charge in [0.2, 0.25) is 0 Å². The molecule has 116 valence electrons. The lowest BCUT2D eigenvalue weighted by molar-refractivity contribution is 1.22. The molecular formula is C22H13N3. The molecule has 6 aromatic rings. The van der Waals surface area contributed by atoms with E-state index >= 15 is 0 Å². The van der Waals surface area contributed by atoms with Crippen molar-refractivity contribution < 1.29 is 0 Å². The van der Waals surface area contributed by atoms with Gasteiger partial charge in [-0.1, -0.05) is 54.6 Å². The number of rotatable bonds is 0. The molecular weight excluding hydrogens is 306 g/mol. The molecule has 6 rings (SSSR count). The molecule has 0 amide bonds. The first kappa shape index (κ1) is 12.9. The summed E-state index contributed by atoms with van der Waals surface area (Å²) in [5.41, 5.74) is 3.23. The van der Waals surface area contributed by atoms with E-state index in [4.69, 9.17) is 0 Å². The summed E-state index contributed by atoms with van der Waals surface area (Å²) in [6.07, 6.45) is 5.63. The molecule has 3 heterocycles. The minimum absolute atomic E-state index is 0.993. The Morgan fingerprint density at radius 2 is 1.48 bits per heavy atom. The highest BCUT2D eigenvalue weighted by Gasteiger charge is 2.13. The molecule has 0 aliphatic heterocycles. The molecule has 0 N–H and O–H groups in total. The van der Waals surface area contributed by atoms with Crippen LogP contribution >= 0.6 is 0 Å². The Labute approximate surface area is 143 Å². The average molecular weight is 319 g/mol. The van der Waals surface area contributed by atoms with E-state index in [9.17, 15) is 0 Å². The van der Waals surface area contributed by atoms with E-state index in [-0.39, 0.29) is 0 Å². The van der Waals surface area contributed by atoms with Gasteiger partial charge in [0.15, 0.2) is 0 Å². The highest BCUT2D eigenvalue weighted by atomic mass is 15.0. The van der Waals surface area contributed by atoms with Gasteiger partial charge in [0, 0.05) is 22.4 Å². The van der Waals surface area contributed by atoms with Crippen molar-refractivity contribution in [1.29, 1.82) is 0 Å². The minimum Gasteiger partial charge on any atom is -0.296 e. The fourth-order valence-electron chi connectivity index (χ4n) is 4.02. The second-order valence-corrected chi connectivity index (χ2v) is 6.39. The van der Waals surface area contributed by atoms with Crippen LogP contribution in [0.1, 0.15) is 0 Å². The van der Waals surface area contributed by atoms with Crippen molar-refractivity contribution in [3.63, 3.8) is 0 Å². The summed E-state index contributed by atoms with van der Waals surface area (Å²) in [5.74, 6) is 0. The molecule has 25 heavy (non-hydrogen) atoms. The van der Waals surface area contributed by atoms with Crippen LogP contribution in [-0.2, 0) is 0 Å². The molecule has 0 saturated heterocycles. The van der Waals surface area contributed by atoms with E-state index < -0.39 is 0 Å². The lowest BCUT2D eigenvalue weighted by Crippen LogP contribution is -1.92. The first-order valence-electron chi connectivity index (χ1n) is 8.35. The molecule has 0 fully saturated rings. The summed E-state index contributed by atoms with van der Waals surface area (Å²) >= 11 is 0. The SMILES string of the molecule is c1ccc2c(c1)ccc1c2ccc2c3cccnc3c3cncn3c12. The number of aromatic nitrogens is 3. The van der Waals surface area contributed by atoms with E-state index in [1.807, 2.05) is 24.8 Å². The van der Waals surface area contributed by atoms with Crippen molar-refractivity contribution >= 4 is 48.9 Å². The number of fused-ring (bicyclic) bond motifs is 10. The molecule has 0 aliphatic rings. The molecule has 3 aromatic carbocycles. The number of imidazole rings is 1. The van der Waals surface area contributed by atoms with Crippen molar-refractivity contribution in [2.45, 2.75) is 0 Å². The molecule has 0 bridgehead atoms. The van der Waals surface area contributed by atoms with E-state index in [0.29, 0.717) is 0 Å². The van der Waals surface area contributed by atoms with Crippen LogP contribution in [0.3, 0.4) is 0 Å². The lowest BCUT2D eigenvalue weighted by Gasteiger charge is -2.12. The minimum atomic E-state index is 0.993. The quantitative estimate of drug-likeness (QED) is 0.354. The normalized spacial score (nSPS) is 12.0.